The molecule has 3 saturated heterocycles. The van der Waals surface area contributed by atoms with Crippen molar-refractivity contribution >= 4 is 40.8 Å². The van der Waals surface area contributed by atoms with E-state index in [0.717, 1.165) is 30.7 Å². The molecule has 50 heavy (non-hydrogen) atoms. The van der Waals surface area contributed by atoms with Crippen molar-refractivity contribution in [3.8, 4) is 11.5 Å². The molecule has 0 radical (unpaired) electrons. The molecule has 2 bridgehead atoms. The third-order valence-corrected chi connectivity index (χ3v) is 10.2. The number of carbonyl (C=O) groups excluding carboxylic acids is 1. The van der Waals surface area contributed by atoms with Crippen LogP contribution in [0, 0.1) is 11.7 Å². The van der Waals surface area contributed by atoms with E-state index < -0.39 is 29.7 Å². The lowest BCUT2D eigenvalue weighted by Gasteiger charge is -2.44. The molecule has 3 aromatic carbocycles. The molecule has 13 heteroatoms. The highest BCUT2D eigenvalue weighted by Crippen LogP contribution is 2.40. The van der Waals surface area contributed by atoms with Crippen LogP contribution >= 0.6 is 23.2 Å². The number of esters is 1. The van der Waals surface area contributed by atoms with E-state index in [2.05, 4.69) is 10.2 Å². The van der Waals surface area contributed by atoms with Gasteiger partial charge in [-0.05, 0) is 97.4 Å². The van der Waals surface area contributed by atoms with Crippen LogP contribution in [0.2, 0.25) is 10.0 Å². The van der Waals surface area contributed by atoms with E-state index in [1.807, 2.05) is 0 Å². The maximum Gasteiger partial charge on any atom is 0.335 e. The number of aromatic carboxylic acids is 1. The van der Waals surface area contributed by atoms with E-state index in [0.29, 0.717) is 46.0 Å². The number of piperidine rings is 3. The lowest BCUT2D eigenvalue weighted by Crippen LogP contribution is -2.52. The lowest BCUT2D eigenvalue weighted by molar-refractivity contribution is -0.904. The third-order valence-electron chi connectivity index (χ3n) is 9.54. The Balaban J connectivity index is 1.43. The first-order valence-corrected chi connectivity index (χ1v) is 16.9. The molecule has 7 rings (SSSR count). The summed E-state index contributed by atoms with van der Waals surface area (Å²) < 4.78 is 32.4. The lowest BCUT2D eigenvalue weighted by atomic mass is 9.83. The van der Waals surface area contributed by atoms with Crippen molar-refractivity contribution in [2.24, 2.45) is 5.92 Å². The molecule has 3 aliphatic heterocycles. The predicted octanol–water partition coefficient (Wildman–Crippen LogP) is 6.54. The number of aromatic nitrogens is 1. The molecular formula is C37H37Cl2FN3O7+. The van der Waals surface area contributed by atoms with E-state index in [9.17, 15) is 24.3 Å². The smallest absolute Gasteiger partial charge is 0.335 e. The summed E-state index contributed by atoms with van der Waals surface area (Å²) in [4.78, 5) is 28.9. The summed E-state index contributed by atoms with van der Waals surface area (Å²) >= 11 is 13.1. The van der Waals surface area contributed by atoms with Crippen LogP contribution in [0.15, 0.2) is 73.1 Å². The average molecular weight is 726 g/mol. The van der Waals surface area contributed by atoms with E-state index >= 15 is 0 Å². The first-order chi connectivity index (χ1) is 24.0. The standard InChI is InChI=1S/C37H36Cl2FN3O7/c1-48-32-9-6-22(15-33(32)49-2)27(17-29-30(38)18-43(47)19-31(29)39)28-16-25(7-8-26(28)36(44)45)41-35(23-4-3-5-24(40)14-23)37(46)50-34-20-42-12-10-21(34)11-13-42/h3-9,14-16,18-19,21,27,34-35,41H,10-13,17,20H2,1-2H3,(H-,44,45,47)/p+1/t27?,34-,35?/m0/s1. The van der Waals surface area contributed by atoms with Gasteiger partial charge in [-0.1, -0.05) is 41.4 Å². The zero-order chi connectivity index (χ0) is 35.5. The fraction of sp³-hybridized carbons (Fsp3) is 0.324. The Bertz CT molecular complexity index is 1880. The zero-order valence-electron chi connectivity index (χ0n) is 27.4. The second-order valence-corrected chi connectivity index (χ2v) is 13.4. The zero-order valence-corrected chi connectivity index (χ0v) is 29.0. The number of ether oxygens (including phenoxy) is 3. The maximum atomic E-state index is 14.5. The molecule has 3 fully saturated rings. The van der Waals surface area contributed by atoms with Gasteiger partial charge in [0.05, 0.1) is 19.8 Å². The van der Waals surface area contributed by atoms with Crippen molar-refractivity contribution in [3.63, 3.8) is 0 Å². The quantitative estimate of drug-likeness (QED) is 0.0850. The van der Waals surface area contributed by atoms with E-state index in [4.69, 9.17) is 37.4 Å². The summed E-state index contributed by atoms with van der Waals surface area (Å²) in [7, 11) is 3.01. The molecule has 0 amide bonds. The maximum absolute atomic E-state index is 14.5. The van der Waals surface area contributed by atoms with Crippen LogP contribution in [-0.2, 0) is 16.0 Å². The number of carboxylic acids is 1. The molecule has 262 valence electrons. The average Bonchev–Trinajstić information content (AvgIpc) is 3.10. The van der Waals surface area contributed by atoms with Gasteiger partial charge >= 0.3 is 11.9 Å². The number of nitrogens with one attached hydrogen (secondary N) is 1. The monoisotopic (exact) mass is 724 g/mol. The van der Waals surface area contributed by atoms with Gasteiger partial charge in [0.2, 0.25) is 12.4 Å². The molecule has 3 N–H and O–H groups in total. The first-order valence-electron chi connectivity index (χ1n) is 16.2. The number of hydrogen-bond donors (Lipinski definition) is 3. The first kappa shape index (κ1) is 35.3. The number of benzene rings is 3. The third kappa shape index (κ3) is 7.60. The summed E-state index contributed by atoms with van der Waals surface area (Å²) in [5.74, 6) is -1.78. The van der Waals surface area contributed by atoms with Gasteiger partial charge in [-0.3, -0.25) is 10.1 Å². The SMILES string of the molecule is COc1ccc(C(Cc2c(Cl)c[n+](O)cc2Cl)c2cc(NC(C(=O)O[C@H]3CN4CCC3CC4)c3cccc(F)c3)ccc2C(=O)O)cc1OC. The molecule has 3 atom stereocenters. The summed E-state index contributed by atoms with van der Waals surface area (Å²) in [6, 6.07) is 14.5. The number of pyridine rings is 1. The van der Waals surface area contributed by atoms with Gasteiger partial charge in [-0.25, -0.2) is 14.0 Å². The van der Waals surface area contributed by atoms with Gasteiger partial charge in [-0.15, -0.1) is 0 Å². The summed E-state index contributed by atoms with van der Waals surface area (Å²) in [5.41, 5.74) is 2.23. The van der Waals surface area contributed by atoms with E-state index in [1.54, 1.807) is 36.4 Å². The van der Waals surface area contributed by atoms with Crippen LogP contribution in [0.3, 0.4) is 0 Å². The van der Waals surface area contributed by atoms with Gasteiger partial charge in [-0.2, -0.15) is 0 Å². The fourth-order valence-electron chi connectivity index (χ4n) is 6.94. The second kappa shape index (κ2) is 15.1. The number of rotatable bonds is 12. The number of methoxy groups -OCH3 is 2. The summed E-state index contributed by atoms with van der Waals surface area (Å²) in [6.45, 7) is 2.60. The molecular weight excluding hydrogens is 688 g/mol. The minimum atomic E-state index is -1.18. The van der Waals surface area contributed by atoms with Gasteiger partial charge in [0.1, 0.15) is 22.0 Å². The minimum Gasteiger partial charge on any atom is -0.493 e. The molecule has 0 spiro atoms. The number of anilines is 1. The molecule has 0 aliphatic carbocycles. The van der Waals surface area contributed by atoms with Crippen LogP contribution in [-0.4, -0.2) is 67.1 Å². The van der Waals surface area contributed by atoms with Gasteiger partial charge in [0.15, 0.2) is 17.5 Å². The molecule has 3 aliphatic rings. The second-order valence-electron chi connectivity index (χ2n) is 12.5. The molecule has 1 aromatic heterocycles. The minimum absolute atomic E-state index is 0.00658. The Kier molecular flexibility index (Phi) is 10.7. The number of fused-ring (bicyclic) bond motifs is 3. The Morgan fingerprint density at radius 3 is 2.32 bits per heavy atom. The Labute approximate surface area is 298 Å². The molecule has 4 heterocycles. The van der Waals surface area contributed by atoms with Crippen molar-refractivity contribution in [2.45, 2.75) is 37.3 Å². The molecule has 0 saturated carbocycles. The summed E-state index contributed by atoms with van der Waals surface area (Å²) in [6.07, 6.45) is 4.30. The number of carbonyl (C=O) groups is 2. The highest BCUT2D eigenvalue weighted by atomic mass is 35.5. The number of carboxylic acid groups (broad SMARTS) is 1. The van der Waals surface area contributed by atoms with Crippen LogP contribution in [0.4, 0.5) is 10.1 Å². The van der Waals surface area contributed by atoms with Crippen LogP contribution in [0.5, 0.6) is 11.5 Å². The molecule has 10 nitrogen and oxygen atoms in total. The fourth-order valence-corrected chi connectivity index (χ4v) is 7.55. The van der Waals surface area contributed by atoms with Crippen LogP contribution < -0.4 is 19.5 Å². The van der Waals surface area contributed by atoms with Crippen LogP contribution in [0.1, 0.15) is 57.4 Å². The predicted molar refractivity (Wildman–Crippen MR) is 184 cm³/mol. The van der Waals surface area contributed by atoms with Gasteiger partial charge in [0.25, 0.3) is 0 Å². The topological polar surface area (TPSA) is 121 Å². The number of hydrogen-bond acceptors (Lipinski definition) is 8. The van der Waals surface area contributed by atoms with E-state index in [1.165, 1.54) is 50.9 Å². The van der Waals surface area contributed by atoms with Crippen molar-refractivity contribution < 1.29 is 43.2 Å². The van der Waals surface area contributed by atoms with E-state index in [-0.39, 0.29) is 34.1 Å². The van der Waals surface area contributed by atoms with Crippen molar-refractivity contribution in [1.82, 2.24) is 4.90 Å². The Morgan fingerprint density at radius 1 is 0.980 bits per heavy atom. The van der Waals surface area contributed by atoms with Gasteiger partial charge < -0.3 is 24.6 Å². The number of nitrogens with zero attached hydrogens (tertiary/aromatic N) is 2. The van der Waals surface area contributed by atoms with Crippen molar-refractivity contribution in [2.75, 3.05) is 39.2 Å². The normalized spacial score (nSPS) is 19.3. The largest absolute Gasteiger partial charge is 0.493 e. The van der Waals surface area contributed by atoms with Crippen LogP contribution in [0.25, 0.3) is 0 Å². The molecule has 2 unspecified atom stereocenters. The van der Waals surface area contributed by atoms with Crippen molar-refractivity contribution in [3.05, 3.63) is 117 Å². The van der Waals surface area contributed by atoms with Gasteiger partial charge in [0, 0.05) is 28.4 Å². The Hall–Kier alpha value is -4.58. The van der Waals surface area contributed by atoms with Crippen molar-refractivity contribution in [1.29, 1.82) is 0 Å². The Morgan fingerprint density at radius 2 is 1.70 bits per heavy atom. The molecule has 4 aromatic rings. The highest BCUT2D eigenvalue weighted by Gasteiger charge is 2.38. The number of halogens is 3. The summed E-state index contributed by atoms with van der Waals surface area (Å²) in [5, 5.41) is 23.9. The highest BCUT2D eigenvalue weighted by molar-refractivity contribution is 6.35.